The van der Waals surface area contributed by atoms with E-state index in [-0.39, 0.29) is 17.4 Å². The second kappa shape index (κ2) is 7.23. The molecule has 112 valence electrons. The zero-order chi connectivity index (χ0) is 15.3. The maximum Gasteiger partial charge on any atom is 0.225 e. The predicted molar refractivity (Wildman–Crippen MR) is 88.8 cm³/mol. The summed E-state index contributed by atoms with van der Waals surface area (Å²) in [6.07, 6.45) is 2.07. The molecule has 0 bridgehead atoms. The zero-order valence-corrected chi connectivity index (χ0v) is 14.4. The molecule has 0 aliphatic carbocycles. The molecule has 1 amide bonds. The van der Waals surface area contributed by atoms with Crippen LogP contribution in [0.4, 0.5) is 5.69 Å². The lowest BCUT2D eigenvalue weighted by Gasteiger charge is -2.22. The molecule has 1 aromatic rings. The van der Waals surface area contributed by atoms with Crippen molar-refractivity contribution >= 4 is 27.5 Å². The van der Waals surface area contributed by atoms with Gasteiger partial charge >= 0.3 is 0 Å². The van der Waals surface area contributed by atoms with Gasteiger partial charge in [-0.1, -0.05) is 43.6 Å². The summed E-state index contributed by atoms with van der Waals surface area (Å²) in [6.45, 7) is 8.47. The van der Waals surface area contributed by atoms with Crippen molar-refractivity contribution < 1.29 is 4.79 Å². The number of carbonyl (C=O) groups excluding carboxylic acids is 1. The van der Waals surface area contributed by atoms with Crippen molar-refractivity contribution in [1.82, 2.24) is 0 Å². The molecule has 1 unspecified atom stereocenters. The number of aryl methyl sites for hydroxylation is 1. The van der Waals surface area contributed by atoms with Crippen LogP contribution in [0.15, 0.2) is 22.7 Å². The number of rotatable bonds is 5. The van der Waals surface area contributed by atoms with E-state index in [0.29, 0.717) is 6.42 Å². The number of benzene rings is 1. The first-order valence-electron chi connectivity index (χ1n) is 7.05. The molecule has 1 aromatic carbocycles. The van der Waals surface area contributed by atoms with E-state index in [1.165, 1.54) is 0 Å². The third-order valence-corrected chi connectivity index (χ3v) is 3.54. The van der Waals surface area contributed by atoms with E-state index >= 15 is 0 Å². The topological polar surface area (TPSA) is 55.1 Å². The molecule has 3 nitrogen and oxygen atoms in total. The van der Waals surface area contributed by atoms with E-state index in [9.17, 15) is 4.79 Å². The van der Waals surface area contributed by atoms with Gasteiger partial charge in [0.15, 0.2) is 0 Å². The Morgan fingerprint density at radius 1 is 1.40 bits per heavy atom. The molecule has 0 fully saturated rings. The fourth-order valence-electron chi connectivity index (χ4n) is 2.27. The van der Waals surface area contributed by atoms with Gasteiger partial charge in [0.05, 0.1) is 0 Å². The molecule has 0 heterocycles. The summed E-state index contributed by atoms with van der Waals surface area (Å²) in [4.78, 5) is 12.1. The van der Waals surface area contributed by atoms with E-state index in [1.54, 1.807) is 0 Å². The van der Waals surface area contributed by atoms with Gasteiger partial charge in [-0.05, 0) is 42.0 Å². The molecule has 0 aliphatic rings. The molecule has 0 radical (unpaired) electrons. The number of nitrogens with one attached hydrogen (secondary N) is 1. The normalized spacial score (nSPS) is 13.1. The Labute approximate surface area is 130 Å². The van der Waals surface area contributed by atoms with Gasteiger partial charge in [0.25, 0.3) is 0 Å². The van der Waals surface area contributed by atoms with Gasteiger partial charge in [-0.25, -0.2) is 0 Å². The van der Waals surface area contributed by atoms with E-state index in [4.69, 9.17) is 5.73 Å². The SMILES string of the molecule is CCc1cc(Br)ccc1NC(=O)CC(N)CC(C)(C)C. The van der Waals surface area contributed by atoms with Gasteiger partial charge in [0.2, 0.25) is 5.91 Å². The van der Waals surface area contributed by atoms with Crippen LogP contribution in [0.5, 0.6) is 0 Å². The van der Waals surface area contributed by atoms with Gasteiger partial charge in [0.1, 0.15) is 0 Å². The largest absolute Gasteiger partial charge is 0.327 e. The van der Waals surface area contributed by atoms with Crippen LogP contribution in [0.1, 0.15) is 46.1 Å². The lowest BCUT2D eigenvalue weighted by Crippen LogP contribution is -2.31. The standard InChI is InChI=1S/C16H25BrN2O/c1-5-11-8-12(17)6-7-14(11)19-15(20)9-13(18)10-16(2,3)4/h6-8,13H,5,9-10,18H2,1-4H3,(H,19,20). The second-order valence-electron chi connectivity index (χ2n) is 6.43. The van der Waals surface area contributed by atoms with E-state index in [2.05, 4.69) is 48.9 Å². The van der Waals surface area contributed by atoms with Crippen molar-refractivity contribution in [3.05, 3.63) is 28.2 Å². The molecule has 0 saturated heterocycles. The van der Waals surface area contributed by atoms with Crippen LogP contribution in [0.25, 0.3) is 0 Å². The van der Waals surface area contributed by atoms with Gasteiger partial charge in [0, 0.05) is 22.6 Å². The highest BCUT2D eigenvalue weighted by molar-refractivity contribution is 9.10. The Balaban J connectivity index is 2.63. The van der Waals surface area contributed by atoms with Crippen LogP contribution in [-0.2, 0) is 11.2 Å². The average molecular weight is 341 g/mol. The lowest BCUT2D eigenvalue weighted by molar-refractivity contribution is -0.116. The molecule has 0 aliphatic heterocycles. The van der Waals surface area contributed by atoms with Crippen LogP contribution >= 0.6 is 15.9 Å². The smallest absolute Gasteiger partial charge is 0.225 e. The minimum absolute atomic E-state index is 0.0150. The number of nitrogens with two attached hydrogens (primary N) is 1. The van der Waals surface area contributed by atoms with Crippen molar-refractivity contribution in [2.24, 2.45) is 11.1 Å². The molecule has 3 N–H and O–H groups in total. The number of hydrogen-bond acceptors (Lipinski definition) is 2. The summed E-state index contributed by atoms with van der Waals surface area (Å²) in [5.74, 6) is -0.0150. The van der Waals surface area contributed by atoms with E-state index in [0.717, 1.165) is 28.6 Å². The van der Waals surface area contributed by atoms with Crippen molar-refractivity contribution in [3.8, 4) is 0 Å². The molecule has 0 saturated carbocycles. The Morgan fingerprint density at radius 3 is 2.60 bits per heavy atom. The molecule has 1 rings (SSSR count). The van der Waals surface area contributed by atoms with Crippen LogP contribution in [-0.4, -0.2) is 11.9 Å². The highest BCUT2D eigenvalue weighted by Crippen LogP contribution is 2.23. The molecule has 20 heavy (non-hydrogen) atoms. The molecular weight excluding hydrogens is 316 g/mol. The van der Waals surface area contributed by atoms with Crippen molar-refractivity contribution in [3.63, 3.8) is 0 Å². The molecule has 0 spiro atoms. The maximum atomic E-state index is 12.1. The molecule has 4 heteroatoms. The number of anilines is 1. The number of hydrogen-bond donors (Lipinski definition) is 2. The molecule has 1 atom stereocenters. The third kappa shape index (κ3) is 6.06. The highest BCUT2D eigenvalue weighted by Gasteiger charge is 2.18. The van der Waals surface area contributed by atoms with Gasteiger partial charge in [-0.3, -0.25) is 4.79 Å². The van der Waals surface area contributed by atoms with E-state index < -0.39 is 0 Å². The number of amides is 1. The first-order chi connectivity index (χ1) is 9.21. The summed E-state index contributed by atoms with van der Waals surface area (Å²) in [7, 11) is 0. The number of halogens is 1. The Kier molecular flexibility index (Phi) is 6.21. The highest BCUT2D eigenvalue weighted by atomic mass is 79.9. The summed E-state index contributed by atoms with van der Waals surface area (Å²) in [5.41, 5.74) is 8.19. The first-order valence-corrected chi connectivity index (χ1v) is 7.84. The maximum absolute atomic E-state index is 12.1. The second-order valence-corrected chi connectivity index (χ2v) is 7.35. The Bertz CT molecular complexity index is 466. The monoisotopic (exact) mass is 340 g/mol. The van der Waals surface area contributed by atoms with Crippen LogP contribution in [0.2, 0.25) is 0 Å². The molecular formula is C16H25BrN2O. The van der Waals surface area contributed by atoms with Crippen LogP contribution in [0.3, 0.4) is 0 Å². The quantitative estimate of drug-likeness (QED) is 0.847. The Morgan fingerprint density at radius 2 is 2.05 bits per heavy atom. The fraction of sp³-hybridized carbons (Fsp3) is 0.562. The van der Waals surface area contributed by atoms with Crippen LogP contribution in [0, 0.1) is 5.41 Å². The van der Waals surface area contributed by atoms with E-state index in [1.807, 2.05) is 18.2 Å². The van der Waals surface area contributed by atoms with Crippen molar-refractivity contribution in [2.45, 2.75) is 53.0 Å². The fourth-order valence-corrected chi connectivity index (χ4v) is 2.68. The predicted octanol–water partition coefficient (Wildman–Crippen LogP) is 4.10. The summed E-state index contributed by atoms with van der Waals surface area (Å²) >= 11 is 3.44. The lowest BCUT2D eigenvalue weighted by atomic mass is 9.87. The number of carbonyl (C=O) groups is 1. The van der Waals surface area contributed by atoms with Gasteiger partial charge < -0.3 is 11.1 Å². The van der Waals surface area contributed by atoms with Gasteiger partial charge in [-0.15, -0.1) is 0 Å². The van der Waals surface area contributed by atoms with Gasteiger partial charge in [-0.2, -0.15) is 0 Å². The molecule has 0 aromatic heterocycles. The zero-order valence-electron chi connectivity index (χ0n) is 12.8. The minimum Gasteiger partial charge on any atom is -0.327 e. The average Bonchev–Trinajstić information content (AvgIpc) is 2.28. The summed E-state index contributed by atoms with van der Waals surface area (Å²) in [6, 6.07) is 5.79. The summed E-state index contributed by atoms with van der Waals surface area (Å²) in [5, 5.41) is 2.97. The summed E-state index contributed by atoms with van der Waals surface area (Å²) < 4.78 is 1.02. The van der Waals surface area contributed by atoms with Crippen LogP contribution < -0.4 is 11.1 Å². The minimum atomic E-state index is -0.101. The first kappa shape index (κ1) is 17.2. The third-order valence-electron chi connectivity index (χ3n) is 3.04. The van der Waals surface area contributed by atoms with Crippen molar-refractivity contribution in [2.75, 3.05) is 5.32 Å². The van der Waals surface area contributed by atoms with Crippen molar-refractivity contribution in [1.29, 1.82) is 0 Å². The Hall–Kier alpha value is -0.870.